The van der Waals surface area contributed by atoms with E-state index in [2.05, 4.69) is 5.32 Å². The zero-order valence-electron chi connectivity index (χ0n) is 16.0. The number of cyclic esters (lactones) is 1. The van der Waals surface area contributed by atoms with Crippen LogP contribution in [0.25, 0.3) is 0 Å². The fraction of sp³-hybridized carbons (Fsp3) is 0.500. The highest BCUT2D eigenvalue weighted by Gasteiger charge is 2.34. The van der Waals surface area contributed by atoms with Gasteiger partial charge < -0.3 is 19.7 Å². The summed E-state index contributed by atoms with van der Waals surface area (Å²) in [5.74, 6) is -1.74. The van der Waals surface area contributed by atoms with Crippen molar-refractivity contribution in [2.45, 2.75) is 6.10 Å². The number of methoxy groups -OCH3 is 1. The lowest BCUT2D eigenvalue weighted by molar-refractivity contribution is 0.142. The number of piperazine rings is 1. The molecule has 30 heavy (non-hydrogen) atoms. The van der Waals surface area contributed by atoms with Crippen molar-refractivity contribution >= 4 is 45.1 Å². The maximum atomic E-state index is 14.7. The van der Waals surface area contributed by atoms with Crippen LogP contribution in [0.4, 0.5) is 25.0 Å². The number of benzene rings is 1. The Morgan fingerprint density at radius 1 is 1.30 bits per heavy atom. The standard InChI is InChI=1S/C16H21F2N5O5S2/c1-27-15(29)20-8-11-9-23(16(24)28-11)10-6-12(17)14(13(18)7-10)21-2-4-22(5-3-21)30(19,25)26/h6-7,11H,2-5,8-9H2,1H3,(H,20,29)(H2,19,25,26). The third kappa shape index (κ3) is 4.88. The number of nitrogens with zero attached hydrogens (tertiary/aromatic N) is 3. The summed E-state index contributed by atoms with van der Waals surface area (Å²) in [7, 11) is -2.46. The number of hydrogen-bond acceptors (Lipinski definition) is 7. The van der Waals surface area contributed by atoms with E-state index < -0.39 is 34.0 Å². The van der Waals surface area contributed by atoms with Crippen LogP contribution in [-0.4, -0.2) is 76.5 Å². The first-order valence-corrected chi connectivity index (χ1v) is 10.8. The first-order chi connectivity index (χ1) is 14.1. The van der Waals surface area contributed by atoms with Gasteiger partial charge in [-0.1, -0.05) is 0 Å². The molecule has 0 aromatic heterocycles. The van der Waals surface area contributed by atoms with Gasteiger partial charge in [0.2, 0.25) is 0 Å². The number of thiocarbonyl (C=S) groups is 1. The molecule has 1 unspecified atom stereocenters. The van der Waals surface area contributed by atoms with Gasteiger partial charge in [-0.2, -0.15) is 12.7 Å². The van der Waals surface area contributed by atoms with E-state index in [-0.39, 0.29) is 55.8 Å². The summed E-state index contributed by atoms with van der Waals surface area (Å²) >= 11 is 4.85. The molecule has 2 heterocycles. The molecule has 3 N–H and O–H groups in total. The Morgan fingerprint density at radius 2 is 1.90 bits per heavy atom. The summed E-state index contributed by atoms with van der Waals surface area (Å²) in [4.78, 5) is 14.6. The van der Waals surface area contributed by atoms with Crippen molar-refractivity contribution in [2.24, 2.45) is 5.14 Å². The third-order valence-electron chi connectivity index (χ3n) is 4.76. The van der Waals surface area contributed by atoms with Gasteiger partial charge >= 0.3 is 6.09 Å². The van der Waals surface area contributed by atoms with E-state index in [4.69, 9.17) is 26.8 Å². The number of anilines is 2. The molecule has 0 aliphatic carbocycles. The first-order valence-electron chi connectivity index (χ1n) is 8.92. The van der Waals surface area contributed by atoms with Gasteiger partial charge in [0.1, 0.15) is 11.8 Å². The molecule has 10 nitrogen and oxygen atoms in total. The van der Waals surface area contributed by atoms with Crippen LogP contribution in [0.3, 0.4) is 0 Å². The Morgan fingerprint density at radius 3 is 2.43 bits per heavy atom. The van der Waals surface area contributed by atoms with Crippen LogP contribution in [0.1, 0.15) is 0 Å². The van der Waals surface area contributed by atoms with Crippen LogP contribution in [0, 0.1) is 11.6 Å². The van der Waals surface area contributed by atoms with Crippen LogP contribution in [0.5, 0.6) is 0 Å². The number of nitrogens with two attached hydrogens (primary N) is 1. The minimum absolute atomic E-state index is 0.00985. The van der Waals surface area contributed by atoms with Crippen molar-refractivity contribution < 1.29 is 31.5 Å². The number of amides is 1. The lowest BCUT2D eigenvalue weighted by atomic mass is 10.2. The second-order valence-corrected chi connectivity index (χ2v) is 8.60. The summed E-state index contributed by atoms with van der Waals surface area (Å²) in [5.41, 5.74) is -0.275. The van der Waals surface area contributed by atoms with Crippen LogP contribution in [0.15, 0.2) is 12.1 Å². The predicted molar refractivity (Wildman–Crippen MR) is 108 cm³/mol. The van der Waals surface area contributed by atoms with E-state index >= 15 is 0 Å². The Bertz CT molecular complexity index is 917. The maximum Gasteiger partial charge on any atom is 0.414 e. The molecule has 0 bridgehead atoms. The zero-order valence-corrected chi connectivity index (χ0v) is 17.6. The topological polar surface area (TPSA) is 117 Å². The fourth-order valence-corrected chi connectivity index (χ4v) is 4.04. The van der Waals surface area contributed by atoms with Gasteiger partial charge in [0, 0.05) is 38.3 Å². The molecule has 0 radical (unpaired) electrons. The van der Waals surface area contributed by atoms with Crippen LogP contribution in [0.2, 0.25) is 0 Å². The van der Waals surface area contributed by atoms with E-state index in [0.717, 1.165) is 21.3 Å². The molecule has 1 atom stereocenters. The highest BCUT2D eigenvalue weighted by atomic mass is 32.2. The largest absolute Gasteiger partial charge is 0.474 e. The molecular weight excluding hydrogens is 444 g/mol. The first kappa shape index (κ1) is 22.4. The monoisotopic (exact) mass is 465 g/mol. The maximum absolute atomic E-state index is 14.7. The number of halogens is 2. The van der Waals surface area contributed by atoms with Crippen LogP contribution < -0.4 is 20.3 Å². The summed E-state index contributed by atoms with van der Waals surface area (Å²) in [5, 5.41) is 7.96. The average molecular weight is 466 g/mol. The van der Waals surface area contributed by atoms with Gasteiger partial charge in [-0.05, 0) is 12.2 Å². The number of carbonyl (C=O) groups is 1. The molecule has 166 valence electrons. The summed E-state index contributed by atoms with van der Waals surface area (Å²) in [6, 6.07) is 2.09. The van der Waals surface area contributed by atoms with Crippen molar-refractivity contribution in [1.29, 1.82) is 0 Å². The van der Waals surface area contributed by atoms with Crippen molar-refractivity contribution in [1.82, 2.24) is 9.62 Å². The smallest absolute Gasteiger partial charge is 0.414 e. The van der Waals surface area contributed by atoms with E-state index in [1.807, 2.05) is 0 Å². The Labute approximate surface area is 177 Å². The number of hydrogen-bond donors (Lipinski definition) is 2. The molecular formula is C16H21F2N5O5S2. The normalized spacial score (nSPS) is 20.3. The van der Waals surface area contributed by atoms with E-state index in [1.165, 1.54) is 12.0 Å². The van der Waals surface area contributed by atoms with Gasteiger partial charge in [-0.3, -0.25) is 4.90 Å². The fourth-order valence-electron chi connectivity index (χ4n) is 3.28. The van der Waals surface area contributed by atoms with E-state index in [9.17, 15) is 22.0 Å². The van der Waals surface area contributed by atoms with E-state index in [1.54, 1.807) is 0 Å². The lowest BCUT2D eigenvalue weighted by Crippen LogP contribution is -2.51. The van der Waals surface area contributed by atoms with Crippen molar-refractivity contribution in [2.75, 3.05) is 56.2 Å². The summed E-state index contributed by atoms with van der Waals surface area (Å²) in [6.07, 6.45) is -1.32. The molecule has 1 amide bonds. The molecule has 2 fully saturated rings. The molecule has 2 aliphatic heterocycles. The predicted octanol–water partition coefficient (Wildman–Crippen LogP) is 0.136. The van der Waals surface area contributed by atoms with Crippen LogP contribution >= 0.6 is 12.2 Å². The summed E-state index contributed by atoms with van der Waals surface area (Å²) < 4.78 is 63.3. The molecule has 0 saturated carbocycles. The third-order valence-corrected chi connectivity index (χ3v) is 6.16. The van der Waals surface area contributed by atoms with Gasteiger partial charge in [0.05, 0.1) is 25.9 Å². The van der Waals surface area contributed by atoms with Gasteiger partial charge in [-0.25, -0.2) is 18.7 Å². The van der Waals surface area contributed by atoms with Gasteiger partial charge in [0.25, 0.3) is 15.4 Å². The molecule has 14 heteroatoms. The Kier molecular flexibility index (Phi) is 6.59. The molecule has 0 spiro atoms. The van der Waals surface area contributed by atoms with Crippen LogP contribution in [-0.2, 0) is 19.7 Å². The minimum atomic E-state index is -3.85. The second kappa shape index (κ2) is 8.83. The van der Waals surface area contributed by atoms with Crippen molar-refractivity contribution in [3.63, 3.8) is 0 Å². The van der Waals surface area contributed by atoms with E-state index in [0.29, 0.717) is 0 Å². The Balaban J connectivity index is 1.71. The zero-order chi connectivity index (χ0) is 22.1. The molecule has 1 aromatic carbocycles. The lowest BCUT2D eigenvalue weighted by Gasteiger charge is -2.34. The molecule has 1 aromatic rings. The highest BCUT2D eigenvalue weighted by molar-refractivity contribution is 7.86. The molecule has 3 rings (SSSR count). The molecule has 2 aliphatic rings. The van der Waals surface area contributed by atoms with Crippen molar-refractivity contribution in [3.8, 4) is 0 Å². The SMILES string of the molecule is COC(=S)NCC1CN(c2cc(F)c(N3CCN(S(N)(=O)=O)CC3)c(F)c2)C(=O)O1. The number of ether oxygens (including phenoxy) is 2. The molecule has 2 saturated heterocycles. The number of carbonyl (C=O) groups excluding carboxylic acids is 1. The minimum Gasteiger partial charge on any atom is -0.474 e. The number of nitrogens with one attached hydrogen (secondary N) is 1. The van der Waals surface area contributed by atoms with Crippen molar-refractivity contribution in [3.05, 3.63) is 23.8 Å². The average Bonchev–Trinajstić information content (AvgIpc) is 3.06. The van der Waals surface area contributed by atoms with Gasteiger partial charge in [0.15, 0.2) is 11.6 Å². The highest BCUT2D eigenvalue weighted by Crippen LogP contribution is 2.31. The quantitative estimate of drug-likeness (QED) is 0.590. The van der Waals surface area contributed by atoms with Gasteiger partial charge in [-0.15, -0.1) is 0 Å². The summed E-state index contributed by atoms with van der Waals surface area (Å²) in [6.45, 7) is 0.423. The Hall–Kier alpha value is -2.29. The number of rotatable bonds is 5. The second-order valence-electron chi connectivity index (χ2n) is 6.68.